The van der Waals surface area contributed by atoms with Gasteiger partial charge in [0.15, 0.2) is 0 Å². The van der Waals surface area contributed by atoms with Crippen LogP contribution in [0.2, 0.25) is 0 Å². The van der Waals surface area contributed by atoms with Gasteiger partial charge in [0.1, 0.15) is 22.1 Å². The highest BCUT2D eigenvalue weighted by molar-refractivity contribution is 5.77. The number of aromatic amines is 2. The zero-order valence-electron chi connectivity index (χ0n) is 13.6. The minimum Gasteiger partial charge on any atom is -0.377 e. The number of ether oxygens (including phenoxy) is 2. The van der Waals surface area contributed by atoms with Crippen LogP contribution in [0.1, 0.15) is 17.5 Å². The number of aromatic nitrogens is 6. The molecule has 2 heterocycles. The summed E-state index contributed by atoms with van der Waals surface area (Å²) in [4.78, 5) is 0. The summed E-state index contributed by atoms with van der Waals surface area (Å²) in [6, 6.07) is 11.8. The van der Waals surface area contributed by atoms with Crippen LogP contribution in [0.15, 0.2) is 36.4 Å². The molecule has 4 aromatic rings. The monoisotopic (exact) mass is 338 g/mol. The molecule has 0 saturated carbocycles. The standard InChI is InChI=1S/C17H18N6O2/c1-4-12(16-14(6-1)18-22-20-16)10-24-8-3-9-25-11-13-5-2-7-15-17(13)21-23-19-15/h1-2,4-7H,3,8-11H2,(H,18,20,22)(H,19,21,23). The van der Waals surface area contributed by atoms with Gasteiger partial charge in [-0.15, -0.1) is 0 Å². The normalized spacial score (nSPS) is 11.5. The molecule has 8 nitrogen and oxygen atoms in total. The van der Waals surface area contributed by atoms with Crippen LogP contribution < -0.4 is 0 Å². The summed E-state index contributed by atoms with van der Waals surface area (Å²) < 4.78 is 11.4. The van der Waals surface area contributed by atoms with Crippen LogP contribution >= 0.6 is 0 Å². The lowest BCUT2D eigenvalue weighted by molar-refractivity contribution is 0.0701. The molecule has 2 N–H and O–H groups in total. The van der Waals surface area contributed by atoms with E-state index in [0.29, 0.717) is 26.4 Å². The predicted molar refractivity (Wildman–Crippen MR) is 91.7 cm³/mol. The third kappa shape index (κ3) is 3.49. The minimum atomic E-state index is 0.516. The molecule has 0 bridgehead atoms. The molecule has 0 radical (unpaired) electrons. The number of rotatable bonds is 8. The van der Waals surface area contributed by atoms with E-state index in [1.165, 1.54) is 0 Å². The van der Waals surface area contributed by atoms with Crippen molar-refractivity contribution < 1.29 is 9.47 Å². The van der Waals surface area contributed by atoms with Gasteiger partial charge in [0.2, 0.25) is 0 Å². The van der Waals surface area contributed by atoms with Gasteiger partial charge < -0.3 is 9.47 Å². The Morgan fingerprint density at radius 3 is 1.72 bits per heavy atom. The molecule has 0 aliphatic rings. The summed E-state index contributed by atoms with van der Waals surface area (Å²) in [6.45, 7) is 2.29. The van der Waals surface area contributed by atoms with Crippen molar-refractivity contribution in [2.24, 2.45) is 0 Å². The molecular weight excluding hydrogens is 320 g/mol. The quantitative estimate of drug-likeness (QED) is 0.478. The number of fused-ring (bicyclic) bond motifs is 2. The lowest BCUT2D eigenvalue weighted by Gasteiger charge is -2.06. The topological polar surface area (TPSA) is 102 Å². The van der Waals surface area contributed by atoms with Crippen molar-refractivity contribution in [3.05, 3.63) is 47.5 Å². The summed E-state index contributed by atoms with van der Waals surface area (Å²) in [7, 11) is 0. The Morgan fingerprint density at radius 1 is 0.680 bits per heavy atom. The summed E-state index contributed by atoms with van der Waals surface area (Å²) in [6.07, 6.45) is 0.823. The summed E-state index contributed by atoms with van der Waals surface area (Å²) in [5.41, 5.74) is 5.49. The molecule has 0 aliphatic heterocycles. The van der Waals surface area contributed by atoms with Gasteiger partial charge in [-0.25, -0.2) is 0 Å². The fourth-order valence-corrected chi connectivity index (χ4v) is 2.71. The molecule has 0 saturated heterocycles. The second-order valence-electron chi connectivity index (χ2n) is 5.68. The first-order valence-corrected chi connectivity index (χ1v) is 8.14. The Kier molecular flexibility index (Phi) is 4.62. The Labute approximate surface area is 143 Å². The highest BCUT2D eigenvalue weighted by Gasteiger charge is 2.05. The van der Waals surface area contributed by atoms with Gasteiger partial charge in [-0.2, -0.15) is 30.8 Å². The van der Waals surface area contributed by atoms with Gasteiger partial charge in [-0.3, -0.25) is 0 Å². The van der Waals surface area contributed by atoms with Crippen molar-refractivity contribution in [1.82, 2.24) is 30.8 Å². The van der Waals surface area contributed by atoms with Crippen LogP contribution in [0.3, 0.4) is 0 Å². The van der Waals surface area contributed by atoms with E-state index in [9.17, 15) is 0 Å². The molecule has 0 spiro atoms. The van der Waals surface area contributed by atoms with Gasteiger partial charge in [0.25, 0.3) is 0 Å². The number of nitrogens with one attached hydrogen (secondary N) is 2. The van der Waals surface area contributed by atoms with Crippen LogP contribution in [0.4, 0.5) is 0 Å². The first-order chi connectivity index (χ1) is 12.4. The third-order valence-electron chi connectivity index (χ3n) is 3.95. The van der Waals surface area contributed by atoms with E-state index in [1.807, 2.05) is 36.4 Å². The molecule has 8 heteroatoms. The highest BCUT2D eigenvalue weighted by atomic mass is 16.5. The maximum Gasteiger partial charge on any atom is 0.118 e. The van der Waals surface area contributed by atoms with E-state index in [2.05, 4.69) is 30.8 Å². The van der Waals surface area contributed by atoms with Crippen LogP contribution in [0.5, 0.6) is 0 Å². The molecule has 0 atom stereocenters. The Bertz CT molecular complexity index is 886. The van der Waals surface area contributed by atoms with Crippen molar-refractivity contribution >= 4 is 22.1 Å². The van der Waals surface area contributed by atoms with Crippen molar-refractivity contribution in [1.29, 1.82) is 0 Å². The summed E-state index contributed by atoms with van der Waals surface area (Å²) in [5, 5.41) is 21.7. The molecule has 2 aromatic carbocycles. The van der Waals surface area contributed by atoms with E-state index in [4.69, 9.17) is 9.47 Å². The van der Waals surface area contributed by atoms with Gasteiger partial charge in [-0.05, 0) is 18.6 Å². The minimum absolute atomic E-state index is 0.516. The number of H-pyrrole nitrogens is 2. The van der Waals surface area contributed by atoms with Gasteiger partial charge in [0, 0.05) is 24.3 Å². The molecule has 4 rings (SSSR count). The molecule has 0 aliphatic carbocycles. The van der Waals surface area contributed by atoms with Crippen molar-refractivity contribution in [2.75, 3.05) is 13.2 Å². The number of hydrogen-bond acceptors (Lipinski definition) is 6. The molecule has 25 heavy (non-hydrogen) atoms. The fourth-order valence-electron chi connectivity index (χ4n) is 2.71. The van der Waals surface area contributed by atoms with E-state index < -0.39 is 0 Å². The van der Waals surface area contributed by atoms with E-state index in [1.54, 1.807) is 0 Å². The Morgan fingerprint density at radius 2 is 1.20 bits per heavy atom. The number of nitrogens with zero attached hydrogens (tertiary/aromatic N) is 4. The maximum atomic E-state index is 5.72. The first kappa shape index (κ1) is 15.7. The molecule has 0 amide bonds. The zero-order chi connectivity index (χ0) is 16.9. The van der Waals surface area contributed by atoms with Crippen molar-refractivity contribution in [3.63, 3.8) is 0 Å². The molecular formula is C17H18N6O2. The van der Waals surface area contributed by atoms with E-state index in [0.717, 1.165) is 39.6 Å². The van der Waals surface area contributed by atoms with Crippen molar-refractivity contribution in [3.8, 4) is 0 Å². The lowest BCUT2D eigenvalue weighted by atomic mass is 10.2. The van der Waals surface area contributed by atoms with E-state index >= 15 is 0 Å². The van der Waals surface area contributed by atoms with Gasteiger partial charge in [0.05, 0.1) is 13.2 Å². The van der Waals surface area contributed by atoms with Crippen LogP contribution in [0, 0.1) is 0 Å². The van der Waals surface area contributed by atoms with Crippen LogP contribution in [-0.2, 0) is 22.7 Å². The summed E-state index contributed by atoms with van der Waals surface area (Å²) in [5.74, 6) is 0. The zero-order valence-corrected chi connectivity index (χ0v) is 13.6. The van der Waals surface area contributed by atoms with Gasteiger partial charge in [-0.1, -0.05) is 24.3 Å². The second-order valence-corrected chi connectivity index (χ2v) is 5.68. The average molecular weight is 338 g/mol. The van der Waals surface area contributed by atoms with Gasteiger partial charge >= 0.3 is 0 Å². The van der Waals surface area contributed by atoms with Crippen molar-refractivity contribution in [2.45, 2.75) is 19.6 Å². The second kappa shape index (κ2) is 7.37. The Hall–Kier alpha value is -2.84. The fraction of sp³-hybridized carbons (Fsp3) is 0.294. The van der Waals surface area contributed by atoms with Crippen LogP contribution in [0.25, 0.3) is 22.1 Å². The van der Waals surface area contributed by atoms with E-state index in [-0.39, 0.29) is 0 Å². The SMILES string of the molecule is c1cc(COCCCOCc2cccc3n[nH]nc23)c2n[nH]nc2c1. The molecule has 2 aromatic heterocycles. The smallest absolute Gasteiger partial charge is 0.118 e. The lowest BCUT2D eigenvalue weighted by Crippen LogP contribution is -2.02. The third-order valence-corrected chi connectivity index (χ3v) is 3.95. The molecule has 128 valence electrons. The maximum absolute atomic E-state index is 5.72. The average Bonchev–Trinajstić information content (AvgIpc) is 3.30. The Balaban J connectivity index is 1.19. The first-order valence-electron chi connectivity index (χ1n) is 8.14. The largest absolute Gasteiger partial charge is 0.377 e. The number of para-hydroxylation sites is 2. The molecule has 0 fully saturated rings. The number of benzene rings is 2. The highest BCUT2D eigenvalue weighted by Crippen LogP contribution is 2.15. The summed E-state index contributed by atoms with van der Waals surface area (Å²) >= 11 is 0. The molecule has 0 unspecified atom stereocenters. The number of hydrogen-bond donors (Lipinski definition) is 2. The predicted octanol–water partition coefficient (Wildman–Crippen LogP) is 2.35. The van der Waals surface area contributed by atoms with Crippen LogP contribution in [-0.4, -0.2) is 44.0 Å².